The number of carbonyl (C=O) groups is 1. The number of carboxylic acid groups (broad SMARTS) is 1. The molecule has 0 bridgehead atoms. The van der Waals surface area contributed by atoms with Gasteiger partial charge in [-0.25, -0.2) is 9.78 Å². The Labute approximate surface area is 117 Å². The predicted octanol–water partition coefficient (Wildman–Crippen LogP) is 4.20. The van der Waals surface area contributed by atoms with E-state index in [2.05, 4.69) is 10.3 Å². The van der Waals surface area contributed by atoms with Crippen molar-refractivity contribution in [1.29, 1.82) is 0 Å². The van der Waals surface area contributed by atoms with Crippen LogP contribution in [0.4, 0.5) is 10.8 Å². The van der Waals surface area contributed by atoms with Gasteiger partial charge in [0, 0.05) is 5.69 Å². The van der Waals surface area contributed by atoms with Gasteiger partial charge < -0.3 is 10.4 Å². The highest BCUT2D eigenvalue weighted by Crippen LogP contribution is 2.29. The van der Waals surface area contributed by atoms with Gasteiger partial charge in [0.1, 0.15) is 4.88 Å². The number of aromatic nitrogens is 1. The normalized spacial score (nSPS) is 10.4. The molecule has 4 nitrogen and oxygen atoms in total. The molecule has 0 aliphatic rings. The Kier molecular flexibility index (Phi) is 3.75. The van der Waals surface area contributed by atoms with E-state index in [4.69, 9.17) is 28.3 Å². The van der Waals surface area contributed by atoms with Crippen molar-refractivity contribution in [1.82, 2.24) is 4.98 Å². The first-order chi connectivity index (χ1) is 8.47. The van der Waals surface area contributed by atoms with Crippen LogP contribution in [0.1, 0.15) is 15.4 Å². The van der Waals surface area contributed by atoms with Crippen LogP contribution in [0.25, 0.3) is 0 Å². The fourth-order valence-corrected chi connectivity index (χ4v) is 2.47. The monoisotopic (exact) mass is 302 g/mol. The Bertz CT molecular complexity index is 613. The number of anilines is 2. The maximum absolute atomic E-state index is 10.9. The molecule has 0 saturated heterocycles. The molecule has 0 fully saturated rings. The topological polar surface area (TPSA) is 62.2 Å². The lowest BCUT2D eigenvalue weighted by Gasteiger charge is -2.03. The molecule has 1 aromatic heterocycles. The summed E-state index contributed by atoms with van der Waals surface area (Å²) in [5.41, 5.74) is 1.19. The summed E-state index contributed by atoms with van der Waals surface area (Å²) in [6.07, 6.45) is 0. The molecule has 18 heavy (non-hydrogen) atoms. The van der Waals surface area contributed by atoms with Crippen molar-refractivity contribution in [3.63, 3.8) is 0 Å². The second-order valence-corrected chi connectivity index (χ2v) is 5.31. The van der Waals surface area contributed by atoms with Crippen LogP contribution in [-0.4, -0.2) is 16.1 Å². The minimum Gasteiger partial charge on any atom is -0.477 e. The molecule has 0 unspecified atom stereocenters. The Balaban J connectivity index is 2.26. The van der Waals surface area contributed by atoms with E-state index >= 15 is 0 Å². The second-order valence-electron chi connectivity index (χ2n) is 3.49. The van der Waals surface area contributed by atoms with Crippen LogP contribution in [0.5, 0.6) is 0 Å². The maximum atomic E-state index is 10.9. The number of rotatable bonds is 3. The number of aryl methyl sites for hydroxylation is 1. The summed E-state index contributed by atoms with van der Waals surface area (Å²) in [7, 11) is 0. The number of nitrogens with zero attached hydrogens (tertiary/aromatic N) is 1. The molecule has 0 atom stereocenters. The molecule has 2 aromatic rings. The average molecular weight is 303 g/mol. The van der Waals surface area contributed by atoms with E-state index < -0.39 is 5.97 Å². The molecule has 0 aliphatic heterocycles. The largest absolute Gasteiger partial charge is 0.477 e. The third-order valence-corrected chi connectivity index (χ3v) is 3.96. The van der Waals surface area contributed by atoms with Gasteiger partial charge in [-0.15, -0.1) is 0 Å². The summed E-state index contributed by atoms with van der Waals surface area (Å²) in [4.78, 5) is 15.2. The molecule has 94 valence electrons. The van der Waals surface area contributed by atoms with Gasteiger partial charge in [-0.05, 0) is 25.1 Å². The molecule has 0 spiro atoms. The number of carboxylic acids is 1. The molecule has 7 heteroatoms. The zero-order chi connectivity index (χ0) is 13.3. The summed E-state index contributed by atoms with van der Waals surface area (Å²) in [5, 5.41) is 13.3. The highest BCUT2D eigenvalue weighted by atomic mass is 35.5. The molecule has 1 heterocycles. The first kappa shape index (κ1) is 13.1. The van der Waals surface area contributed by atoms with Gasteiger partial charge in [0.05, 0.1) is 15.7 Å². The predicted molar refractivity (Wildman–Crippen MR) is 73.6 cm³/mol. The van der Waals surface area contributed by atoms with Crippen molar-refractivity contribution in [3.05, 3.63) is 38.8 Å². The zero-order valence-electron chi connectivity index (χ0n) is 9.20. The standard InChI is InChI=1S/C11H8Cl2N2O2S/c1-5-9(10(16)17)18-11(14-5)15-6-2-3-7(12)8(13)4-6/h2-4H,1H3,(H,14,15)(H,16,17). The summed E-state index contributed by atoms with van der Waals surface area (Å²) in [5.74, 6) is -0.979. The van der Waals surface area contributed by atoms with Crippen molar-refractivity contribution in [2.24, 2.45) is 0 Å². The number of nitrogens with one attached hydrogen (secondary N) is 1. The molecular weight excluding hydrogens is 295 g/mol. The van der Waals surface area contributed by atoms with E-state index in [1.807, 2.05) is 0 Å². The van der Waals surface area contributed by atoms with Crippen LogP contribution in [0.2, 0.25) is 10.0 Å². The number of halogens is 2. The molecule has 0 radical (unpaired) electrons. The zero-order valence-corrected chi connectivity index (χ0v) is 11.5. The SMILES string of the molecule is Cc1nc(Nc2ccc(Cl)c(Cl)c2)sc1C(=O)O. The van der Waals surface area contributed by atoms with Crippen molar-refractivity contribution in [2.75, 3.05) is 5.32 Å². The van der Waals surface area contributed by atoms with Gasteiger partial charge in [-0.2, -0.15) is 0 Å². The fraction of sp³-hybridized carbons (Fsp3) is 0.0909. The summed E-state index contributed by atoms with van der Waals surface area (Å²) >= 11 is 12.8. The first-order valence-corrected chi connectivity index (χ1v) is 6.47. The Morgan fingerprint density at radius 1 is 1.39 bits per heavy atom. The van der Waals surface area contributed by atoms with Crippen molar-refractivity contribution < 1.29 is 9.90 Å². The summed E-state index contributed by atoms with van der Waals surface area (Å²) in [6, 6.07) is 5.05. The van der Waals surface area contributed by atoms with Crippen LogP contribution in [0, 0.1) is 6.92 Å². The van der Waals surface area contributed by atoms with E-state index in [-0.39, 0.29) is 4.88 Å². The van der Waals surface area contributed by atoms with Crippen LogP contribution >= 0.6 is 34.5 Å². The van der Waals surface area contributed by atoms with E-state index in [9.17, 15) is 4.79 Å². The van der Waals surface area contributed by atoms with Crippen LogP contribution in [0.3, 0.4) is 0 Å². The highest BCUT2D eigenvalue weighted by molar-refractivity contribution is 7.17. The lowest BCUT2D eigenvalue weighted by atomic mass is 10.3. The molecule has 0 amide bonds. The molecule has 0 aliphatic carbocycles. The third kappa shape index (κ3) is 2.75. The van der Waals surface area contributed by atoms with Gasteiger partial charge in [-0.3, -0.25) is 0 Å². The van der Waals surface area contributed by atoms with Gasteiger partial charge in [0.25, 0.3) is 0 Å². The van der Waals surface area contributed by atoms with Crippen molar-refractivity contribution >= 4 is 51.3 Å². The van der Waals surface area contributed by atoms with Crippen LogP contribution < -0.4 is 5.32 Å². The van der Waals surface area contributed by atoms with E-state index in [0.717, 1.165) is 11.3 Å². The minimum absolute atomic E-state index is 0.220. The van der Waals surface area contributed by atoms with Crippen LogP contribution in [-0.2, 0) is 0 Å². The molecule has 2 rings (SSSR count). The first-order valence-electron chi connectivity index (χ1n) is 4.90. The highest BCUT2D eigenvalue weighted by Gasteiger charge is 2.14. The van der Waals surface area contributed by atoms with Gasteiger partial charge >= 0.3 is 5.97 Å². The third-order valence-electron chi connectivity index (χ3n) is 2.16. The van der Waals surface area contributed by atoms with E-state index in [1.165, 1.54) is 0 Å². The lowest BCUT2D eigenvalue weighted by Crippen LogP contribution is -1.94. The molecule has 1 aromatic carbocycles. The number of hydrogen-bond donors (Lipinski definition) is 2. The van der Waals surface area contributed by atoms with Crippen molar-refractivity contribution in [2.45, 2.75) is 6.92 Å². The maximum Gasteiger partial charge on any atom is 0.347 e. The number of benzene rings is 1. The fourth-order valence-electron chi connectivity index (χ4n) is 1.35. The van der Waals surface area contributed by atoms with E-state index in [1.54, 1.807) is 25.1 Å². The van der Waals surface area contributed by atoms with Gasteiger partial charge in [-0.1, -0.05) is 34.5 Å². The Hall–Kier alpha value is -1.30. The number of hydrogen-bond acceptors (Lipinski definition) is 4. The van der Waals surface area contributed by atoms with Crippen LogP contribution in [0.15, 0.2) is 18.2 Å². The second kappa shape index (κ2) is 5.14. The van der Waals surface area contributed by atoms with Gasteiger partial charge in [0.15, 0.2) is 5.13 Å². The Morgan fingerprint density at radius 3 is 2.67 bits per heavy atom. The molecule has 2 N–H and O–H groups in total. The molecular formula is C11H8Cl2N2O2S. The lowest BCUT2D eigenvalue weighted by molar-refractivity contribution is 0.0701. The Morgan fingerprint density at radius 2 is 2.11 bits per heavy atom. The van der Waals surface area contributed by atoms with E-state index in [0.29, 0.717) is 26.6 Å². The van der Waals surface area contributed by atoms with Gasteiger partial charge in [0.2, 0.25) is 0 Å². The number of thiazole rings is 1. The molecule has 0 saturated carbocycles. The summed E-state index contributed by atoms with van der Waals surface area (Å²) < 4.78 is 0. The quantitative estimate of drug-likeness (QED) is 0.892. The average Bonchev–Trinajstić information content (AvgIpc) is 2.65. The van der Waals surface area contributed by atoms with Crippen molar-refractivity contribution in [3.8, 4) is 0 Å². The minimum atomic E-state index is -0.979. The number of aromatic carboxylic acids is 1. The smallest absolute Gasteiger partial charge is 0.347 e. The summed E-state index contributed by atoms with van der Waals surface area (Å²) in [6.45, 7) is 1.65.